The van der Waals surface area contributed by atoms with Crippen molar-refractivity contribution in [3.05, 3.63) is 10.6 Å². The summed E-state index contributed by atoms with van der Waals surface area (Å²) in [4.78, 5) is 5.59. The van der Waals surface area contributed by atoms with Gasteiger partial charge in [0, 0.05) is 11.4 Å². The molecule has 0 bridgehead atoms. The average Bonchev–Trinajstić information content (AvgIpc) is 2.89. The van der Waals surface area contributed by atoms with E-state index in [9.17, 15) is 8.42 Å². The third-order valence-electron chi connectivity index (χ3n) is 3.21. The molecule has 0 fully saturated rings. The molecule has 7 heteroatoms. The highest BCUT2D eigenvalue weighted by Gasteiger charge is 2.23. The molecule has 1 heterocycles. The van der Waals surface area contributed by atoms with Gasteiger partial charge in [-0.15, -0.1) is 11.3 Å². The number of hydrogen-bond donors (Lipinski definition) is 2. The zero-order chi connectivity index (χ0) is 13.9. The van der Waals surface area contributed by atoms with Gasteiger partial charge in [0.2, 0.25) is 10.0 Å². The molecule has 5 nitrogen and oxygen atoms in total. The van der Waals surface area contributed by atoms with Gasteiger partial charge in [-0.2, -0.15) is 0 Å². The SMILES string of the molecule is CCCNCC(C)S(=O)(=O)Nc1nc2c(s1)CCC2. The fourth-order valence-electron chi connectivity index (χ4n) is 2.05. The minimum atomic E-state index is -3.35. The van der Waals surface area contributed by atoms with E-state index in [1.54, 1.807) is 6.92 Å². The van der Waals surface area contributed by atoms with Crippen molar-refractivity contribution in [2.75, 3.05) is 17.8 Å². The van der Waals surface area contributed by atoms with Crippen LogP contribution in [0.5, 0.6) is 0 Å². The number of hydrogen-bond acceptors (Lipinski definition) is 5. The molecule has 1 aliphatic carbocycles. The van der Waals surface area contributed by atoms with Crippen LogP contribution in [0.1, 0.15) is 37.3 Å². The van der Waals surface area contributed by atoms with Gasteiger partial charge in [-0.05, 0) is 39.2 Å². The zero-order valence-corrected chi connectivity index (χ0v) is 13.0. The van der Waals surface area contributed by atoms with Crippen LogP contribution < -0.4 is 10.0 Å². The maximum atomic E-state index is 12.1. The third-order valence-corrected chi connectivity index (χ3v) is 6.12. The molecule has 0 amide bonds. The van der Waals surface area contributed by atoms with Crippen LogP contribution in [0.4, 0.5) is 5.13 Å². The third kappa shape index (κ3) is 3.67. The topological polar surface area (TPSA) is 71.1 Å². The van der Waals surface area contributed by atoms with Gasteiger partial charge in [-0.3, -0.25) is 4.72 Å². The average molecular weight is 303 g/mol. The molecular weight excluding hydrogens is 282 g/mol. The van der Waals surface area contributed by atoms with Crippen LogP contribution in [0.25, 0.3) is 0 Å². The standard InChI is InChI=1S/C12H21N3O2S2/c1-3-7-13-8-9(2)19(16,17)15-12-14-10-5-4-6-11(10)18-12/h9,13H,3-8H2,1-2H3,(H,14,15). The highest BCUT2D eigenvalue weighted by molar-refractivity contribution is 7.93. The molecule has 0 saturated carbocycles. The number of anilines is 1. The molecule has 0 aliphatic heterocycles. The van der Waals surface area contributed by atoms with Crippen LogP contribution in [0, 0.1) is 0 Å². The number of aryl methyl sites for hydroxylation is 2. The smallest absolute Gasteiger partial charge is 0.238 e. The molecule has 1 unspecified atom stereocenters. The minimum absolute atomic E-state index is 0.460. The van der Waals surface area contributed by atoms with Gasteiger partial charge in [0.15, 0.2) is 5.13 Å². The molecular formula is C12H21N3O2S2. The van der Waals surface area contributed by atoms with Crippen molar-refractivity contribution in [2.45, 2.75) is 44.8 Å². The summed E-state index contributed by atoms with van der Waals surface area (Å²) in [6, 6.07) is 0. The van der Waals surface area contributed by atoms with Gasteiger partial charge in [-0.1, -0.05) is 6.92 Å². The Labute approximate surface area is 118 Å². The Morgan fingerprint density at radius 3 is 2.89 bits per heavy atom. The zero-order valence-electron chi connectivity index (χ0n) is 11.4. The van der Waals surface area contributed by atoms with Crippen LogP contribution in [0.15, 0.2) is 0 Å². The quantitative estimate of drug-likeness (QED) is 0.753. The minimum Gasteiger partial charge on any atom is -0.315 e. The van der Waals surface area contributed by atoms with E-state index in [4.69, 9.17) is 0 Å². The summed E-state index contributed by atoms with van der Waals surface area (Å²) in [5, 5.41) is 3.19. The summed E-state index contributed by atoms with van der Waals surface area (Å²) in [5.74, 6) is 0. The first-order valence-electron chi connectivity index (χ1n) is 6.74. The molecule has 1 aliphatic rings. The second kappa shape index (κ2) is 6.19. The summed E-state index contributed by atoms with van der Waals surface area (Å²) in [6.45, 7) is 5.08. The molecule has 0 aromatic carbocycles. The van der Waals surface area contributed by atoms with Crippen molar-refractivity contribution < 1.29 is 8.42 Å². The van der Waals surface area contributed by atoms with Crippen molar-refractivity contribution in [2.24, 2.45) is 0 Å². The monoisotopic (exact) mass is 303 g/mol. The molecule has 1 atom stereocenters. The van der Waals surface area contributed by atoms with Gasteiger partial charge in [0.1, 0.15) is 0 Å². The molecule has 19 heavy (non-hydrogen) atoms. The van der Waals surface area contributed by atoms with E-state index < -0.39 is 15.3 Å². The summed E-state index contributed by atoms with van der Waals surface area (Å²) in [5.41, 5.74) is 1.07. The molecule has 0 saturated heterocycles. The second-order valence-electron chi connectivity index (χ2n) is 4.90. The molecule has 1 aromatic rings. The number of fused-ring (bicyclic) bond motifs is 1. The molecule has 1 aromatic heterocycles. The Morgan fingerprint density at radius 2 is 2.21 bits per heavy atom. The van der Waals surface area contributed by atoms with Crippen LogP contribution in [0.3, 0.4) is 0 Å². The molecule has 2 N–H and O–H groups in total. The lowest BCUT2D eigenvalue weighted by Gasteiger charge is -2.13. The first-order valence-corrected chi connectivity index (χ1v) is 9.10. The van der Waals surface area contributed by atoms with E-state index >= 15 is 0 Å². The fraction of sp³-hybridized carbons (Fsp3) is 0.750. The lowest BCUT2D eigenvalue weighted by atomic mass is 10.4. The summed E-state index contributed by atoms with van der Waals surface area (Å²) in [7, 11) is -3.35. The van der Waals surface area contributed by atoms with E-state index in [2.05, 4.69) is 21.9 Å². The van der Waals surface area contributed by atoms with Crippen LogP contribution in [-0.4, -0.2) is 31.7 Å². The normalized spacial score (nSPS) is 16.3. The molecule has 108 valence electrons. The Morgan fingerprint density at radius 1 is 1.42 bits per heavy atom. The van der Waals surface area contributed by atoms with E-state index in [1.165, 1.54) is 16.2 Å². The summed E-state index contributed by atoms with van der Waals surface area (Å²) < 4.78 is 26.9. The Balaban J connectivity index is 1.95. The maximum absolute atomic E-state index is 12.1. The number of nitrogens with zero attached hydrogens (tertiary/aromatic N) is 1. The van der Waals surface area contributed by atoms with Gasteiger partial charge in [0.05, 0.1) is 10.9 Å². The van der Waals surface area contributed by atoms with Crippen molar-refractivity contribution in [1.82, 2.24) is 10.3 Å². The maximum Gasteiger partial charge on any atom is 0.238 e. The van der Waals surface area contributed by atoms with E-state index in [0.717, 1.165) is 37.9 Å². The summed E-state index contributed by atoms with van der Waals surface area (Å²) in [6.07, 6.45) is 4.14. The number of rotatable bonds is 7. The van der Waals surface area contributed by atoms with E-state index in [0.29, 0.717) is 11.7 Å². The number of aromatic nitrogens is 1. The van der Waals surface area contributed by atoms with E-state index in [-0.39, 0.29) is 0 Å². The lowest BCUT2D eigenvalue weighted by molar-refractivity contribution is 0.575. The first-order chi connectivity index (χ1) is 9.03. The van der Waals surface area contributed by atoms with Crippen LogP contribution in [0.2, 0.25) is 0 Å². The van der Waals surface area contributed by atoms with E-state index in [1.807, 2.05) is 0 Å². The first kappa shape index (κ1) is 14.7. The van der Waals surface area contributed by atoms with Gasteiger partial charge < -0.3 is 5.32 Å². The van der Waals surface area contributed by atoms with Gasteiger partial charge in [-0.25, -0.2) is 13.4 Å². The van der Waals surface area contributed by atoms with Crippen molar-refractivity contribution in [3.63, 3.8) is 0 Å². The Hall–Kier alpha value is -0.660. The Bertz CT molecular complexity index is 504. The predicted molar refractivity (Wildman–Crippen MR) is 79.3 cm³/mol. The Kier molecular flexibility index (Phi) is 4.81. The van der Waals surface area contributed by atoms with Crippen molar-refractivity contribution in [1.29, 1.82) is 0 Å². The molecule has 0 spiro atoms. The summed E-state index contributed by atoms with van der Waals surface area (Å²) >= 11 is 1.47. The van der Waals surface area contributed by atoms with Crippen LogP contribution in [-0.2, 0) is 22.9 Å². The van der Waals surface area contributed by atoms with Crippen molar-refractivity contribution in [3.8, 4) is 0 Å². The highest BCUT2D eigenvalue weighted by Crippen LogP contribution is 2.31. The number of nitrogens with one attached hydrogen (secondary N) is 2. The highest BCUT2D eigenvalue weighted by atomic mass is 32.2. The predicted octanol–water partition coefficient (Wildman–Crippen LogP) is 1.76. The lowest BCUT2D eigenvalue weighted by Crippen LogP contribution is -2.35. The largest absolute Gasteiger partial charge is 0.315 e. The molecule has 2 rings (SSSR count). The van der Waals surface area contributed by atoms with Gasteiger partial charge in [0.25, 0.3) is 0 Å². The number of thiazole rings is 1. The second-order valence-corrected chi connectivity index (χ2v) is 8.09. The fourth-order valence-corrected chi connectivity index (χ4v) is 4.29. The van der Waals surface area contributed by atoms with Crippen LogP contribution >= 0.6 is 11.3 Å². The van der Waals surface area contributed by atoms with Gasteiger partial charge >= 0.3 is 0 Å². The van der Waals surface area contributed by atoms with Crippen molar-refractivity contribution >= 4 is 26.5 Å². The number of sulfonamides is 1. The molecule has 0 radical (unpaired) electrons.